The number of rotatable bonds is 3. The van der Waals surface area contributed by atoms with Gasteiger partial charge in [-0.1, -0.05) is 32.0 Å². The first-order valence-corrected chi connectivity index (χ1v) is 7.20. The number of nitrogens with zero attached hydrogens (tertiary/aromatic N) is 2. The van der Waals surface area contributed by atoms with Crippen LogP contribution >= 0.6 is 0 Å². The lowest BCUT2D eigenvalue weighted by molar-refractivity contribution is 0.123. The molecule has 1 aromatic carbocycles. The summed E-state index contributed by atoms with van der Waals surface area (Å²) < 4.78 is 0. The summed E-state index contributed by atoms with van der Waals surface area (Å²) in [5.41, 5.74) is 2.48. The Bertz CT molecular complexity index is 460. The largest absolute Gasteiger partial charge is 0.299 e. The second kappa shape index (κ2) is 5.75. The molecule has 0 N–H and O–H groups in total. The van der Waals surface area contributed by atoms with Gasteiger partial charge in [-0.2, -0.15) is 5.26 Å². The van der Waals surface area contributed by atoms with Gasteiger partial charge in [-0.25, -0.2) is 0 Å². The van der Waals surface area contributed by atoms with Gasteiger partial charge in [0.25, 0.3) is 0 Å². The van der Waals surface area contributed by atoms with E-state index in [1.54, 1.807) is 0 Å². The maximum absolute atomic E-state index is 9.14. The molecule has 2 rings (SSSR count). The van der Waals surface area contributed by atoms with Crippen LogP contribution in [0, 0.1) is 16.7 Å². The van der Waals surface area contributed by atoms with E-state index in [9.17, 15) is 0 Å². The Hall–Kier alpha value is -1.33. The fourth-order valence-electron chi connectivity index (χ4n) is 2.99. The van der Waals surface area contributed by atoms with Gasteiger partial charge in [0.2, 0.25) is 0 Å². The highest BCUT2D eigenvalue weighted by molar-refractivity contribution is 5.37. The van der Waals surface area contributed by atoms with Gasteiger partial charge in [-0.3, -0.25) is 4.90 Å². The van der Waals surface area contributed by atoms with Crippen LogP contribution in [0.1, 0.15) is 50.7 Å². The molecular weight excluding hydrogens is 232 g/mol. The smallest absolute Gasteiger partial charge is 0.0995 e. The molecule has 1 aromatic rings. The van der Waals surface area contributed by atoms with Crippen molar-refractivity contribution < 1.29 is 0 Å². The lowest BCUT2D eigenvalue weighted by atomic mass is 9.75. The van der Waals surface area contributed by atoms with Crippen molar-refractivity contribution in [2.24, 2.45) is 5.41 Å². The number of nitriles is 1. The summed E-state index contributed by atoms with van der Waals surface area (Å²) >= 11 is 0. The van der Waals surface area contributed by atoms with Crippen molar-refractivity contribution in [3.05, 3.63) is 35.4 Å². The first kappa shape index (κ1) is 14.1. The highest BCUT2D eigenvalue weighted by Crippen LogP contribution is 2.36. The Morgan fingerprint density at radius 3 is 2.53 bits per heavy atom. The van der Waals surface area contributed by atoms with Gasteiger partial charge in [-0.15, -0.1) is 0 Å². The van der Waals surface area contributed by atoms with Crippen LogP contribution < -0.4 is 0 Å². The fourth-order valence-corrected chi connectivity index (χ4v) is 2.99. The van der Waals surface area contributed by atoms with Crippen molar-refractivity contribution in [3.63, 3.8) is 0 Å². The monoisotopic (exact) mass is 256 g/mol. The van der Waals surface area contributed by atoms with Crippen LogP contribution in [0.5, 0.6) is 0 Å². The minimum Gasteiger partial charge on any atom is -0.299 e. The summed E-state index contributed by atoms with van der Waals surface area (Å²) in [5.74, 6) is 0. The van der Waals surface area contributed by atoms with Gasteiger partial charge >= 0.3 is 0 Å². The van der Waals surface area contributed by atoms with Crippen LogP contribution in [0.4, 0.5) is 0 Å². The average Bonchev–Trinajstić information content (AvgIpc) is 2.39. The quantitative estimate of drug-likeness (QED) is 0.818. The van der Waals surface area contributed by atoms with Crippen molar-refractivity contribution in [2.75, 3.05) is 7.05 Å². The number of benzene rings is 1. The molecular formula is C17H24N2. The zero-order valence-electron chi connectivity index (χ0n) is 12.3. The number of hydrogen-bond acceptors (Lipinski definition) is 2. The van der Waals surface area contributed by atoms with Crippen molar-refractivity contribution in [2.45, 2.75) is 52.1 Å². The predicted molar refractivity (Wildman–Crippen MR) is 78.7 cm³/mol. The van der Waals surface area contributed by atoms with E-state index in [1.807, 2.05) is 18.2 Å². The normalized spacial score (nSPS) is 19.3. The second-order valence-corrected chi connectivity index (χ2v) is 6.58. The molecule has 0 spiro atoms. The lowest BCUT2D eigenvalue weighted by Gasteiger charge is -2.38. The van der Waals surface area contributed by atoms with Gasteiger partial charge in [0.05, 0.1) is 11.6 Å². The van der Waals surface area contributed by atoms with E-state index >= 15 is 0 Å². The molecule has 1 saturated carbocycles. The Morgan fingerprint density at radius 2 is 1.89 bits per heavy atom. The van der Waals surface area contributed by atoms with Gasteiger partial charge in [0.15, 0.2) is 0 Å². The molecule has 0 radical (unpaired) electrons. The van der Waals surface area contributed by atoms with Gasteiger partial charge < -0.3 is 0 Å². The standard InChI is InChI=1S/C17H24N2/c1-17(2)10-8-16(9-11-17)19(3)13-15-7-5-4-6-14(15)12-18/h4-7,16H,8-11,13H2,1-3H3. The maximum atomic E-state index is 9.14. The van der Waals surface area contributed by atoms with Crippen molar-refractivity contribution in [1.82, 2.24) is 4.90 Å². The topological polar surface area (TPSA) is 27.0 Å². The Labute approximate surface area is 117 Å². The number of hydrogen-bond donors (Lipinski definition) is 0. The van der Waals surface area contributed by atoms with Crippen LogP contribution in [0.15, 0.2) is 24.3 Å². The van der Waals surface area contributed by atoms with Gasteiger partial charge in [-0.05, 0) is 49.8 Å². The zero-order valence-corrected chi connectivity index (χ0v) is 12.3. The molecule has 0 atom stereocenters. The molecule has 0 heterocycles. The van der Waals surface area contributed by atoms with Crippen LogP contribution in [0.25, 0.3) is 0 Å². The SMILES string of the molecule is CN(Cc1ccccc1C#N)C1CCC(C)(C)CC1. The summed E-state index contributed by atoms with van der Waals surface area (Å²) in [7, 11) is 2.19. The van der Waals surface area contributed by atoms with E-state index < -0.39 is 0 Å². The minimum atomic E-state index is 0.516. The first-order valence-electron chi connectivity index (χ1n) is 7.20. The summed E-state index contributed by atoms with van der Waals surface area (Å²) in [6.45, 7) is 5.62. The van der Waals surface area contributed by atoms with Crippen LogP contribution in [0.3, 0.4) is 0 Å². The van der Waals surface area contributed by atoms with E-state index in [0.717, 1.165) is 17.7 Å². The summed E-state index contributed by atoms with van der Waals surface area (Å²) in [6.07, 6.45) is 5.17. The Morgan fingerprint density at radius 1 is 1.26 bits per heavy atom. The molecule has 0 bridgehead atoms. The fraction of sp³-hybridized carbons (Fsp3) is 0.588. The van der Waals surface area contributed by atoms with Crippen molar-refractivity contribution in [3.8, 4) is 6.07 Å². The second-order valence-electron chi connectivity index (χ2n) is 6.58. The van der Waals surface area contributed by atoms with Gasteiger partial charge in [0.1, 0.15) is 0 Å². The molecule has 0 aromatic heterocycles. The summed E-state index contributed by atoms with van der Waals surface area (Å²) in [4.78, 5) is 2.42. The van der Waals surface area contributed by atoms with Crippen LogP contribution in [-0.4, -0.2) is 18.0 Å². The third kappa shape index (κ3) is 3.58. The molecule has 102 valence electrons. The molecule has 1 aliphatic carbocycles. The van der Waals surface area contributed by atoms with Gasteiger partial charge in [0, 0.05) is 12.6 Å². The highest BCUT2D eigenvalue weighted by atomic mass is 15.1. The third-order valence-electron chi connectivity index (χ3n) is 4.49. The van der Waals surface area contributed by atoms with Crippen LogP contribution in [0.2, 0.25) is 0 Å². The van der Waals surface area contributed by atoms with E-state index in [0.29, 0.717) is 11.5 Å². The van der Waals surface area contributed by atoms with E-state index in [4.69, 9.17) is 5.26 Å². The lowest BCUT2D eigenvalue weighted by Crippen LogP contribution is -2.36. The minimum absolute atomic E-state index is 0.516. The molecule has 0 saturated heterocycles. The Balaban J connectivity index is 1.98. The van der Waals surface area contributed by atoms with E-state index in [1.165, 1.54) is 25.7 Å². The summed E-state index contributed by atoms with van der Waals surface area (Å²) in [6, 6.07) is 10.9. The van der Waals surface area contributed by atoms with Crippen molar-refractivity contribution in [1.29, 1.82) is 5.26 Å². The predicted octanol–water partition coefficient (Wildman–Crippen LogP) is 3.96. The summed E-state index contributed by atoms with van der Waals surface area (Å²) in [5, 5.41) is 9.14. The maximum Gasteiger partial charge on any atom is 0.0995 e. The molecule has 0 aliphatic heterocycles. The molecule has 19 heavy (non-hydrogen) atoms. The molecule has 0 unspecified atom stereocenters. The molecule has 1 aliphatic rings. The first-order chi connectivity index (χ1) is 9.02. The zero-order chi connectivity index (χ0) is 13.9. The van der Waals surface area contributed by atoms with E-state index in [-0.39, 0.29) is 0 Å². The highest BCUT2D eigenvalue weighted by Gasteiger charge is 2.28. The average molecular weight is 256 g/mol. The van der Waals surface area contributed by atoms with E-state index in [2.05, 4.69) is 37.9 Å². The molecule has 2 heteroatoms. The molecule has 2 nitrogen and oxygen atoms in total. The van der Waals surface area contributed by atoms with Crippen molar-refractivity contribution >= 4 is 0 Å². The van der Waals surface area contributed by atoms with Crippen LogP contribution in [-0.2, 0) is 6.54 Å². The third-order valence-corrected chi connectivity index (χ3v) is 4.49. The molecule has 0 amide bonds. The molecule has 1 fully saturated rings. The Kier molecular flexibility index (Phi) is 4.27.